The molecule has 0 radical (unpaired) electrons. The Hall–Kier alpha value is -2.17. The first-order valence-corrected chi connectivity index (χ1v) is 7.78. The Morgan fingerprint density at radius 1 is 1.32 bits per heavy atom. The van der Waals surface area contributed by atoms with Gasteiger partial charge in [0.1, 0.15) is 6.54 Å². The van der Waals surface area contributed by atoms with Crippen molar-refractivity contribution < 1.29 is 14.4 Å². The Kier molecular flexibility index (Phi) is 3.72. The molecule has 1 aliphatic carbocycles. The van der Waals surface area contributed by atoms with Crippen LogP contribution in [0, 0.1) is 0 Å². The van der Waals surface area contributed by atoms with E-state index in [1.807, 2.05) is 31.2 Å². The van der Waals surface area contributed by atoms with Crippen LogP contribution in [0.2, 0.25) is 0 Å². The van der Waals surface area contributed by atoms with Gasteiger partial charge in [-0.05, 0) is 30.4 Å². The van der Waals surface area contributed by atoms with E-state index in [2.05, 4.69) is 5.32 Å². The maximum atomic E-state index is 12.8. The number of carbonyl (C=O) groups is 3. The Labute approximate surface area is 129 Å². The first kappa shape index (κ1) is 14.8. The highest BCUT2D eigenvalue weighted by Gasteiger charge is 2.55. The molecule has 5 nitrogen and oxygen atoms in total. The lowest BCUT2D eigenvalue weighted by molar-refractivity contribution is -0.143. The molecule has 22 heavy (non-hydrogen) atoms. The predicted octanol–water partition coefficient (Wildman–Crippen LogP) is 1.16. The van der Waals surface area contributed by atoms with Gasteiger partial charge in [0, 0.05) is 13.0 Å². The van der Waals surface area contributed by atoms with Crippen molar-refractivity contribution in [2.75, 3.05) is 13.1 Å². The van der Waals surface area contributed by atoms with Crippen molar-refractivity contribution >= 4 is 17.7 Å². The average Bonchev–Trinajstić information content (AvgIpc) is 3.00. The van der Waals surface area contributed by atoms with E-state index < -0.39 is 5.41 Å². The van der Waals surface area contributed by atoms with Crippen molar-refractivity contribution in [1.82, 2.24) is 10.2 Å². The Balaban J connectivity index is 1.82. The molecule has 5 heteroatoms. The SMILES string of the molecule is CCCNC(=O)CN1C(=O)C[C@]2(CCc3ccccc32)C1=O. The highest BCUT2D eigenvalue weighted by atomic mass is 16.2. The fourth-order valence-corrected chi connectivity index (χ4v) is 3.52. The molecule has 1 aliphatic heterocycles. The lowest BCUT2D eigenvalue weighted by Crippen LogP contribution is -2.43. The van der Waals surface area contributed by atoms with E-state index in [1.165, 1.54) is 0 Å². The number of rotatable bonds is 4. The number of likely N-dealkylation sites (tertiary alicyclic amines) is 1. The van der Waals surface area contributed by atoms with Gasteiger partial charge in [-0.25, -0.2) is 0 Å². The van der Waals surface area contributed by atoms with Crippen LogP contribution < -0.4 is 5.32 Å². The molecule has 1 atom stereocenters. The monoisotopic (exact) mass is 300 g/mol. The number of nitrogens with one attached hydrogen (secondary N) is 1. The fourth-order valence-electron chi connectivity index (χ4n) is 3.52. The normalized spacial score (nSPS) is 23.2. The Morgan fingerprint density at radius 2 is 2.09 bits per heavy atom. The van der Waals surface area contributed by atoms with Gasteiger partial charge in [-0.3, -0.25) is 19.3 Å². The number of aryl methyl sites for hydroxylation is 1. The number of imide groups is 1. The van der Waals surface area contributed by atoms with Crippen molar-refractivity contribution in [2.24, 2.45) is 0 Å². The van der Waals surface area contributed by atoms with Crippen LogP contribution in [0.1, 0.15) is 37.3 Å². The van der Waals surface area contributed by atoms with Crippen LogP contribution in [0.3, 0.4) is 0 Å². The average molecular weight is 300 g/mol. The van der Waals surface area contributed by atoms with Crippen LogP contribution in [-0.4, -0.2) is 35.7 Å². The summed E-state index contributed by atoms with van der Waals surface area (Å²) in [6.07, 6.45) is 2.48. The molecule has 3 rings (SSSR count). The number of nitrogens with zero attached hydrogens (tertiary/aromatic N) is 1. The van der Waals surface area contributed by atoms with Gasteiger partial charge in [-0.15, -0.1) is 0 Å². The summed E-state index contributed by atoms with van der Waals surface area (Å²) in [5.41, 5.74) is 1.37. The van der Waals surface area contributed by atoms with E-state index >= 15 is 0 Å². The molecule has 2 aliphatic rings. The highest BCUT2D eigenvalue weighted by molar-refractivity contribution is 6.11. The minimum Gasteiger partial charge on any atom is -0.355 e. The summed E-state index contributed by atoms with van der Waals surface area (Å²) in [6.45, 7) is 2.35. The molecule has 3 amide bonds. The molecule has 1 saturated heterocycles. The number of carbonyl (C=O) groups excluding carboxylic acids is 3. The molecule has 0 bridgehead atoms. The molecule has 1 fully saturated rings. The van der Waals surface area contributed by atoms with Gasteiger partial charge in [0.2, 0.25) is 17.7 Å². The van der Waals surface area contributed by atoms with Crippen LogP contribution >= 0.6 is 0 Å². The first-order chi connectivity index (χ1) is 10.6. The quantitative estimate of drug-likeness (QED) is 0.848. The molecular weight excluding hydrogens is 280 g/mol. The minimum atomic E-state index is -0.737. The van der Waals surface area contributed by atoms with E-state index in [-0.39, 0.29) is 30.7 Å². The zero-order valence-corrected chi connectivity index (χ0v) is 12.7. The smallest absolute Gasteiger partial charge is 0.240 e. The highest BCUT2D eigenvalue weighted by Crippen LogP contribution is 2.46. The van der Waals surface area contributed by atoms with Gasteiger partial charge < -0.3 is 5.32 Å². The van der Waals surface area contributed by atoms with Gasteiger partial charge in [0.05, 0.1) is 5.41 Å². The summed E-state index contributed by atoms with van der Waals surface area (Å²) in [5, 5.41) is 2.71. The summed E-state index contributed by atoms with van der Waals surface area (Å²) in [6, 6.07) is 7.81. The van der Waals surface area contributed by atoms with E-state index in [4.69, 9.17) is 0 Å². The molecule has 1 heterocycles. The maximum absolute atomic E-state index is 12.8. The summed E-state index contributed by atoms with van der Waals surface area (Å²) in [5.74, 6) is -0.727. The summed E-state index contributed by atoms with van der Waals surface area (Å²) in [7, 11) is 0. The molecule has 0 saturated carbocycles. The maximum Gasteiger partial charge on any atom is 0.240 e. The second-order valence-corrected chi connectivity index (χ2v) is 6.05. The molecule has 116 valence electrons. The third kappa shape index (κ3) is 2.21. The molecule has 1 spiro atoms. The van der Waals surface area contributed by atoms with Crippen LogP contribution in [-0.2, 0) is 26.2 Å². The van der Waals surface area contributed by atoms with E-state index in [1.54, 1.807) is 0 Å². The van der Waals surface area contributed by atoms with Crippen LogP contribution in [0.5, 0.6) is 0 Å². The first-order valence-electron chi connectivity index (χ1n) is 7.78. The van der Waals surface area contributed by atoms with Crippen molar-refractivity contribution in [3.8, 4) is 0 Å². The van der Waals surface area contributed by atoms with Crippen LogP contribution in [0.15, 0.2) is 24.3 Å². The zero-order valence-electron chi connectivity index (χ0n) is 12.7. The van der Waals surface area contributed by atoms with Crippen molar-refractivity contribution in [2.45, 2.75) is 38.0 Å². The number of hydrogen-bond acceptors (Lipinski definition) is 3. The van der Waals surface area contributed by atoms with Crippen molar-refractivity contribution in [3.63, 3.8) is 0 Å². The Morgan fingerprint density at radius 3 is 2.86 bits per heavy atom. The Bertz CT molecular complexity index is 641. The van der Waals surface area contributed by atoms with Gasteiger partial charge in [0.25, 0.3) is 0 Å². The largest absolute Gasteiger partial charge is 0.355 e. The summed E-state index contributed by atoms with van der Waals surface area (Å²) < 4.78 is 0. The number of hydrogen-bond donors (Lipinski definition) is 1. The topological polar surface area (TPSA) is 66.5 Å². The molecule has 1 aromatic rings. The summed E-state index contributed by atoms with van der Waals surface area (Å²) in [4.78, 5) is 38.1. The minimum absolute atomic E-state index is 0.165. The fraction of sp³-hybridized carbons (Fsp3) is 0.471. The number of benzene rings is 1. The van der Waals surface area contributed by atoms with E-state index in [0.717, 1.165) is 28.9 Å². The van der Waals surface area contributed by atoms with Crippen LogP contribution in [0.25, 0.3) is 0 Å². The van der Waals surface area contributed by atoms with E-state index in [9.17, 15) is 14.4 Å². The van der Waals surface area contributed by atoms with E-state index in [0.29, 0.717) is 13.0 Å². The third-order valence-corrected chi connectivity index (χ3v) is 4.64. The molecule has 0 unspecified atom stereocenters. The predicted molar refractivity (Wildman–Crippen MR) is 81.1 cm³/mol. The number of amides is 3. The molecular formula is C17H20N2O3. The lowest BCUT2D eigenvalue weighted by Gasteiger charge is -2.22. The van der Waals surface area contributed by atoms with Gasteiger partial charge in [-0.1, -0.05) is 31.2 Å². The summed E-state index contributed by atoms with van der Waals surface area (Å²) >= 11 is 0. The molecule has 0 aromatic heterocycles. The third-order valence-electron chi connectivity index (χ3n) is 4.64. The van der Waals surface area contributed by atoms with Gasteiger partial charge in [0.15, 0.2) is 0 Å². The van der Waals surface area contributed by atoms with Gasteiger partial charge >= 0.3 is 0 Å². The second kappa shape index (κ2) is 5.55. The van der Waals surface area contributed by atoms with Crippen molar-refractivity contribution in [1.29, 1.82) is 0 Å². The van der Waals surface area contributed by atoms with Crippen molar-refractivity contribution in [3.05, 3.63) is 35.4 Å². The molecule has 1 N–H and O–H groups in total. The standard InChI is InChI=1S/C17H20N2O3/c1-2-9-18-14(20)11-19-15(21)10-17(16(19)22)8-7-12-5-3-4-6-13(12)17/h3-6H,2,7-11H2,1H3,(H,18,20)/t17-/m0/s1. The second-order valence-electron chi connectivity index (χ2n) is 6.05. The molecule has 1 aromatic carbocycles. The lowest BCUT2D eigenvalue weighted by atomic mass is 9.80. The van der Waals surface area contributed by atoms with Crippen LogP contribution in [0.4, 0.5) is 0 Å². The van der Waals surface area contributed by atoms with Gasteiger partial charge in [-0.2, -0.15) is 0 Å². The zero-order chi connectivity index (χ0) is 15.7. The number of fused-ring (bicyclic) bond motifs is 2.